The number of β-lactam (4-membered cyclic amide) rings is 1. The summed E-state index contributed by atoms with van der Waals surface area (Å²) >= 11 is 0. The summed E-state index contributed by atoms with van der Waals surface area (Å²) in [5.74, 6) is -2.27. The zero-order chi connectivity index (χ0) is 27.2. The Morgan fingerprint density at radius 1 is 1.03 bits per heavy atom. The topological polar surface area (TPSA) is 114 Å². The molecule has 0 aromatic carbocycles. The van der Waals surface area contributed by atoms with Gasteiger partial charge in [0.1, 0.15) is 22.9 Å². The molecule has 0 saturated carbocycles. The third kappa shape index (κ3) is 6.19. The maximum absolute atomic E-state index is 13.6. The molecule has 3 heterocycles. The van der Waals surface area contributed by atoms with Crippen molar-refractivity contribution in [2.24, 2.45) is 0 Å². The van der Waals surface area contributed by atoms with Gasteiger partial charge < -0.3 is 20.1 Å². The summed E-state index contributed by atoms with van der Waals surface area (Å²) in [5.41, 5.74) is -2.52. The van der Waals surface area contributed by atoms with Crippen LogP contribution < -0.4 is 10.6 Å². The van der Waals surface area contributed by atoms with Gasteiger partial charge >= 0.3 is 18.2 Å². The van der Waals surface area contributed by atoms with Gasteiger partial charge in [0.05, 0.1) is 12.5 Å². The first-order valence-corrected chi connectivity index (χ1v) is 11.7. The molecule has 0 bridgehead atoms. The smallest absolute Gasteiger partial charge is 0.408 e. The highest BCUT2D eigenvalue weighted by Crippen LogP contribution is 2.44. The number of amides is 3. The minimum absolute atomic E-state index is 0.0162. The number of rotatable bonds is 4. The molecular weight excluding hydrogens is 483 g/mol. The number of esters is 1. The predicted molar refractivity (Wildman–Crippen MR) is 121 cm³/mol. The van der Waals surface area contributed by atoms with Gasteiger partial charge in [0.15, 0.2) is 0 Å². The highest BCUT2D eigenvalue weighted by molar-refractivity contribution is 6.03. The number of allylic oxidation sites excluding steroid dienone is 2. The van der Waals surface area contributed by atoms with Gasteiger partial charge in [-0.25, -0.2) is 9.59 Å². The van der Waals surface area contributed by atoms with Crippen molar-refractivity contribution in [3.8, 4) is 0 Å². The zero-order valence-electron chi connectivity index (χ0n) is 21.2. The number of carbonyl (C=O) groups is 4. The van der Waals surface area contributed by atoms with Crippen LogP contribution in [0.25, 0.3) is 0 Å². The Labute approximate surface area is 207 Å². The molecule has 2 atom stereocenters. The summed E-state index contributed by atoms with van der Waals surface area (Å²) in [6.07, 6.45) is -6.69. The van der Waals surface area contributed by atoms with Crippen molar-refractivity contribution in [2.75, 3.05) is 6.54 Å². The number of alkyl halides is 3. The molecule has 0 spiro atoms. The van der Waals surface area contributed by atoms with E-state index in [1.54, 1.807) is 41.5 Å². The monoisotopic (exact) mass is 515 g/mol. The van der Waals surface area contributed by atoms with Crippen molar-refractivity contribution in [3.63, 3.8) is 0 Å². The molecular formula is C24H32F3N3O6. The van der Waals surface area contributed by atoms with Crippen molar-refractivity contribution in [3.05, 3.63) is 22.4 Å². The molecule has 0 unspecified atom stereocenters. The number of ether oxygens (including phenoxy) is 2. The molecule has 0 aromatic rings. The summed E-state index contributed by atoms with van der Waals surface area (Å²) in [6, 6.07) is -1.68. The Morgan fingerprint density at radius 2 is 1.64 bits per heavy atom. The van der Waals surface area contributed by atoms with E-state index < -0.39 is 59.8 Å². The SMILES string of the molecule is CC(C)(C)OC(=O)N[C@@H]1C(=O)N2C(C(=O)OC(C)(C)C)=C(C(CC(F)(F)F)=C3CCNC3=O)CC[C@H]12. The molecule has 2 saturated heterocycles. The van der Waals surface area contributed by atoms with E-state index in [4.69, 9.17) is 9.47 Å². The zero-order valence-corrected chi connectivity index (χ0v) is 21.2. The number of carbonyl (C=O) groups excluding carboxylic acids is 4. The van der Waals surface area contributed by atoms with Crippen molar-refractivity contribution >= 4 is 23.9 Å². The number of hydrogen-bond acceptors (Lipinski definition) is 6. The fraction of sp³-hybridized carbons (Fsp3) is 0.667. The van der Waals surface area contributed by atoms with Crippen LogP contribution in [0.3, 0.4) is 0 Å². The predicted octanol–water partition coefficient (Wildman–Crippen LogP) is 3.25. The molecule has 2 fully saturated rings. The molecule has 36 heavy (non-hydrogen) atoms. The summed E-state index contributed by atoms with van der Waals surface area (Å²) in [6.45, 7) is 9.94. The lowest BCUT2D eigenvalue weighted by molar-refractivity contribution is -0.162. The van der Waals surface area contributed by atoms with Gasteiger partial charge in [-0.05, 0) is 72.0 Å². The first-order chi connectivity index (χ1) is 16.4. The number of nitrogens with one attached hydrogen (secondary N) is 2. The quantitative estimate of drug-likeness (QED) is 0.338. The maximum atomic E-state index is 13.6. The van der Waals surface area contributed by atoms with Crippen LogP contribution in [0.1, 0.15) is 67.2 Å². The van der Waals surface area contributed by atoms with E-state index in [1.807, 2.05) is 0 Å². The lowest BCUT2D eigenvalue weighted by Crippen LogP contribution is -2.72. The van der Waals surface area contributed by atoms with Crippen molar-refractivity contribution in [1.29, 1.82) is 0 Å². The molecule has 0 aliphatic carbocycles. The van der Waals surface area contributed by atoms with Gasteiger partial charge in [0.25, 0.3) is 5.91 Å². The van der Waals surface area contributed by atoms with Crippen LogP contribution in [0.5, 0.6) is 0 Å². The number of halogens is 3. The van der Waals surface area contributed by atoms with Crippen LogP contribution in [0.2, 0.25) is 0 Å². The molecule has 3 aliphatic heterocycles. The fourth-order valence-corrected chi connectivity index (χ4v) is 4.51. The summed E-state index contributed by atoms with van der Waals surface area (Å²) in [4.78, 5) is 52.0. The minimum Gasteiger partial charge on any atom is -0.455 e. The Kier molecular flexibility index (Phi) is 7.22. The number of fused-ring (bicyclic) bond motifs is 1. The molecule has 3 aliphatic rings. The maximum Gasteiger partial charge on any atom is 0.408 e. The van der Waals surface area contributed by atoms with Crippen molar-refractivity contribution < 1.29 is 41.8 Å². The highest BCUT2D eigenvalue weighted by atomic mass is 19.4. The van der Waals surface area contributed by atoms with Crippen LogP contribution in [0.15, 0.2) is 22.4 Å². The van der Waals surface area contributed by atoms with Crippen LogP contribution in [-0.2, 0) is 23.9 Å². The van der Waals surface area contributed by atoms with E-state index >= 15 is 0 Å². The van der Waals surface area contributed by atoms with Crippen LogP contribution in [0.4, 0.5) is 18.0 Å². The Balaban J connectivity index is 2.05. The highest BCUT2D eigenvalue weighted by Gasteiger charge is 2.55. The number of nitrogens with zero attached hydrogens (tertiary/aromatic N) is 1. The van der Waals surface area contributed by atoms with Crippen molar-refractivity contribution in [2.45, 2.75) is 96.7 Å². The van der Waals surface area contributed by atoms with Crippen LogP contribution in [-0.4, -0.2) is 64.8 Å². The van der Waals surface area contributed by atoms with Gasteiger partial charge in [-0.15, -0.1) is 0 Å². The Morgan fingerprint density at radius 3 is 2.14 bits per heavy atom. The van der Waals surface area contributed by atoms with Crippen LogP contribution in [0, 0.1) is 0 Å². The van der Waals surface area contributed by atoms with Gasteiger partial charge in [-0.3, -0.25) is 14.5 Å². The lowest BCUT2D eigenvalue weighted by atomic mass is 9.79. The fourth-order valence-electron chi connectivity index (χ4n) is 4.51. The number of hydrogen-bond donors (Lipinski definition) is 2. The second-order valence-electron chi connectivity index (χ2n) is 11.0. The van der Waals surface area contributed by atoms with Gasteiger partial charge in [-0.1, -0.05) is 0 Å². The van der Waals surface area contributed by atoms with E-state index in [0.29, 0.717) is 0 Å². The van der Waals surface area contributed by atoms with Gasteiger partial charge in [0, 0.05) is 12.1 Å². The van der Waals surface area contributed by atoms with E-state index in [2.05, 4.69) is 10.6 Å². The van der Waals surface area contributed by atoms with Gasteiger partial charge in [0.2, 0.25) is 5.91 Å². The third-order valence-corrected chi connectivity index (χ3v) is 5.74. The average Bonchev–Trinajstić information content (AvgIpc) is 3.11. The minimum atomic E-state index is -4.66. The summed E-state index contributed by atoms with van der Waals surface area (Å²) < 4.78 is 51.5. The van der Waals surface area contributed by atoms with E-state index in [9.17, 15) is 32.3 Å². The summed E-state index contributed by atoms with van der Waals surface area (Å²) in [7, 11) is 0. The normalized spacial score (nSPS) is 24.1. The van der Waals surface area contributed by atoms with E-state index in [0.717, 1.165) is 4.90 Å². The lowest BCUT2D eigenvalue weighted by Gasteiger charge is -2.51. The van der Waals surface area contributed by atoms with E-state index in [-0.39, 0.29) is 48.2 Å². The van der Waals surface area contributed by atoms with Crippen LogP contribution >= 0.6 is 0 Å². The molecule has 2 N–H and O–H groups in total. The first kappa shape index (κ1) is 27.5. The third-order valence-electron chi connectivity index (χ3n) is 5.74. The molecule has 3 rings (SSSR count). The molecule has 0 aromatic heterocycles. The molecule has 200 valence electrons. The Bertz CT molecular complexity index is 1030. The molecule has 12 heteroatoms. The molecule has 0 radical (unpaired) electrons. The molecule has 3 amide bonds. The first-order valence-electron chi connectivity index (χ1n) is 11.7. The number of alkyl carbamates (subject to hydrolysis) is 1. The average molecular weight is 516 g/mol. The standard InChI is InChI=1S/C24H32F3N3O6/c1-22(2,3)35-20(33)17-12(14(11-24(25,26)27)13-9-10-28-18(13)31)7-8-15-16(19(32)30(15)17)29-21(34)36-23(4,5)6/h15-16H,7-11H2,1-6H3,(H,28,31)(H,29,34)/t15-,16+/m1/s1. The largest absolute Gasteiger partial charge is 0.455 e. The van der Waals surface area contributed by atoms with Gasteiger partial charge in [-0.2, -0.15) is 13.2 Å². The Hall–Kier alpha value is -3.05. The van der Waals surface area contributed by atoms with Crippen molar-refractivity contribution in [1.82, 2.24) is 15.5 Å². The second kappa shape index (κ2) is 9.44. The molecule has 9 nitrogen and oxygen atoms in total. The van der Waals surface area contributed by atoms with E-state index in [1.165, 1.54) is 0 Å². The summed E-state index contributed by atoms with van der Waals surface area (Å²) in [5, 5.41) is 4.99. The second-order valence-corrected chi connectivity index (χ2v) is 11.0.